The van der Waals surface area contributed by atoms with E-state index < -0.39 is 0 Å². The van der Waals surface area contributed by atoms with Gasteiger partial charge in [0.05, 0.1) is 0 Å². The molecule has 0 saturated carbocycles. The van der Waals surface area contributed by atoms with Crippen molar-refractivity contribution in [3.05, 3.63) is 71.3 Å². The Morgan fingerprint density at radius 1 is 1.00 bits per heavy atom. The van der Waals surface area contributed by atoms with Crippen molar-refractivity contribution in [3.8, 4) is 0 Å². The Hall–Kier alpha value is -1.60. The normalized spacial score (nSPS) is 30.4. The van der Waals surface area contributed by atoms with Crippen LogP contribution in [0.1, 0.15) is 42.4 Å². The van der Waals surface area contributed by atoms with E-state index in [1.165, 1.54) is 24.8 Å². The molecule has 1 aliphatic carbocycles. The van der Waals surface area contributed by atoms with Gasteiger partial charge in [0, 0.05) is 12.1 Å². The second-order valence-electron chi connectivity index (χ2n) is 7.11. The van der Waals surface area contributed by atoms with Gasteiger partial charge >= 0.3 is 0 Å². The van der Waals surface area contributed by atoms with Gasteiger partial charge in [-0.15, -0.1) is 0 Å². The summed E-state index contributed by atoms with van der Waals surface area (Å²) in [4.78, 5) is 0. The highest BCUT2D eigenvalue weighted by Crippen LogP contribution is 2.43. The summed E-state index contributed by atoms with van der Waals surface area (Å²) in [6, 6.07) is 21.3. The van der Waals surface area contributed by atoms with Gasteiger partial charge < -0.3 is 5.32 Å². The van der Waals surface area contributed by atoms with E-state index in [2.05, 4.69) is 66.8 Å². The van der Waals surface area contributed by atoms with E-state index in [4.69, 9.17) is 0 Å². The molecule has 4 atom stereocenters. The molecule has 4 rings (SSSR count). The van der Waals surface area contributed by atoms with Crippen LogP contribution in [-0.4, -0.2) is 12.1 Å². The Kier molecular flexibility index (Phi) is 3.75. The Bertz CT molecular complexity index is 633. The molecule has 1 heteroatoms. The largest absolute Gasteiger partial charge is 0.311 e. The van der Waals surface area contributed by atoms with Crippen molar-refractivity contribution in [1.82, 2.24) is 5.32 Å². The minimum absolute atomic E-state index is 0.612. The lowest BCUT2D eigenvalue weighted by molar-refractivity contribution is 0.183. The molecule has 1 nitrogen and oxygen atoms in total. The minimum Gasteiger partial charge on any atom is -0.311 e. The van der Waals surface area contributed by atoms with Crippen molar-refractivity contribution in [3.63, 3.8) is 0 Å². The lowest BCUT2D eigenvalue weighted by Crippen LogP contribution is -2.52. The first-order chi connectivity index (χ1) is 10.8. The molecule has 1 aliphatic heterocycles. The van der Waals surface area contributed by atoms with E-state index in [0.717, 1.165) is 18.3 Å². The Labute approximate surface area is 133 Å². The highest BCUT2D eigenvalue weighted by atomic mass is 15.0. The fourth-order valence-corrected chi connectivity index (χ4v) is 4.68. The van der Waals surface area contributed by atoms with Gasteiger partial charge in [-0.25, -0.2) is 0 Å². The number of fused-ring (bicyclic) bond motifs is 3. The average molecular weight is 291 g/mol. The smallest absolute Gasteiger partial charge is 0.0144 e. The maximum atomic E-state index is 3.89. The zero-order chi connectivity index (χ0) is 14.9. The van der Waals surface area contributed by atoms with Gasteiger partial charge in [0.2, 0.25) is 0 Å². The van der Waals surface area contributed by atoms with Crippen LogP contribution >= 0.6 is 0 Å². The van der Waals surface area contributed by atoms with E-state index in [0.29, 0.717) is 12.1 Å². The number of piperidine rings is 1. The molecule has 22 heavy (non-hydrogen) atoms. The number of hydrogen-bond donors (Lipinski definition) is 1. The van der Waals surface area contributed by atoms with Crippen LogP contribution in [0.2, 0.25) is 0 Å². The first-order valence-electron chi connectivity index (χ1n) is 8.69. The van der Waals surface area contributed by atoms with Crippen LogP contribution in [-0.2, 0) is 12.8 Å². The van der Waals surface area contributed by atoms with Crippen molar-refractivity contribution < 1.29 is 0 Å². The minimum atomic E-state index is 0.612. The molecule has 2 aliphatic rings. The molecule has 0 bridgehead atoms. The van der Waals surface area contributed by atoms with Gasteiger partial charge in [0.25, 0.3) is 0 Å². The number of aryl methyl sites for hydroxylation is 1. The predicted octanol–water partition coefficient (Wildman–Crippen LogP) is 4.33. The number of nitrogens with one attached hydrogen (secondary N) is 1. The fraction of sp³-hybridized carbons (Fsp3) is 0.429. The van der Waals surface area contributed by atoms with Crippen LogP contribution in [0.3, 0.4) is 0 Å². The molecule has 1 N–H and O–H groups in total. The molecular formula is C21H25N. The van der Waals surface area contributed by atoms with Gasteiger partial charge in [-0.1, -0.05) is 54.6 Å². The van der Waals surface area contributed by atoms with Gasteiger partial charge in [-0.3, -0.25) is 0 Å². The van der Waals surface area contributed by atoms with Gasteiger partial charge in [0.1, 0.15) is 0 Å². The Morgan fingerprint density at radius 2 is 1.77 bits per heavy atom. The lowest BCUT2D eigenvalue weighted by Gasteiger charge is -2.45. The third-order valence-electron chi connectivity index (χ3n) is 5.64. The summed E-state index contributed by atoms with van der Waals surface area (Å²) in [5.41, 5.74) is 4.69. The van der Waals surface area contributed by atoms with Crippen molar-refractivity contribution in [2.75, 3.05) is 0 Å². The average Bonchev–Trinajstić information content (AvgIpc) is 2.55. The zero-order valence-electron chi connectivity index (χ0n) is 13.3. The summed E-state index contributed by atoms with van der Waals surface area (Å²) in [6.45, 7) is 2.35. The van der Waals surface area contributed by atoms with Gasteiger partial charge in [0.15, 0.2) is 0 Å². The van der Waals surface area contributed by atoms with Crippen molar-refractivity contribution in [2.24, 2.45) is 5.92 Å². The van der Waals surface area contributed by atoms with Gasteiger partial charge in [-0.2, -0.15) is 0 Å². The molecule has 0 amide bonds. The molecular weight excluding hydrogens is 266 g/mol. The van der Waals surface area contributed by atoms with E-state index in [9.17, 15) is 0 Å². The predicted molar refractivity (Wildman–Crippen MR) is 92.1 cm³/mol. The molecule has 1 fully saturated rings. The second-order valence-corrected chi connectivity index (χ2v) is 7.11. The van der Waals surface area contributed by atoms with Crippen molar-refractivity contribution >= 4 is 0 Å². The monoisotopic (exact) mass is 291 g/mol. The maximum Gasteiger partial charge on any atom is 0.0144 e. The van der Waals surface area contributed by atoms with E-state index in [1.807, 2.05) is 0 Å². The molecule has 1 heterocycles. The summed E-state index contributed by atoms with van der Waals surface area (Å²) in [7, 11) is 0. The zero-order valence-corrected chi connectivity index (χ0v) is 13.3. The van der Waals surface area contributed by atoms with Crippen LogP contribution in [0, 0.1) is 5.92 Å². The van der Waals surface area contributed by atoms with Crippen LogP contribution in [0.5, 0.6) is 0 Å². The maximum absolute atomic E-state index is 3.89. The van der Waals surface area contributed by atoms with Crippen LogP contribution in [0.4, 0.5) is 0 Å². The highest BCUT2D eigenvalue weighted by Gasteiger charge is 2.39. The molecule has 114 valence electrons. The molecule has 0 spiro atoms. The molecule has 2 unspecified atom stereocenters. The second kappa shape index (κ2) is 5.89. The number of rotatable bonds is 2. The topological polar surface area (TPSA) is 12.0 Å². The molecule has 0 radical (unpaired) electrons. The quantitative estimate of drug-likeness (QED) is 0.868. The lowest BCUT2D eigenvalue weighted by atomic mass is 9.66. The third kappa shape index (κ3) is 2.59. The van der Waals surface area contributed by atoms with E-state index in [-0.39, 0.29) is 0 Å². The van der Waals surface area contributed by atoms with Crippen LogP contribution < -0.4 is 5.32 Å². The number of benzene rings is 2. The molecule has 0 aromatic heterocycles. The van der Waals surface area contributed by atoms with Gasteiger partial charge in [-0.05, 0) is 61.1 Å². The van der Waals surface area contributed by atoms with Crippen LogP contribution in [0.15, 0.2) is 54.6 Å². The fourth-order valence-electron chi connectivity index (χ4n) is 4.68. The number of hydrogen-bond acceptors (Lipinski definition) is 1. The van der Waals surface area contributed by atoms with Crippen molar-refractivity contribution in [1.29, 1.82) is 0 Å². The third-order valence-corrected chi connectivity index (χ3v) is 5.64. The highest BCUT2D eigenvalue weighted by molar-refractivity contribution is 5.35. The molecule has 2 aromatic rings. The first-order valence-corrected chi connectivity index (χ1v) is 8.69. The van der Waals surface area contributed by atoms with Crippen molar-refractivity contribution in [2.45, 2.75) is 50.6 Å². The summed E-state index contributed by atoms with van der Waals surface area (Å²) < 4.78 is 0. The first kappa shape index (κ1) is 14.0. The molecule has 1 saturated heterocycles. The summed E-state index contributed by atoms with van der Waals surface area (Å²) in [6.07, 6.45) is 5.03. The summed E-state index contributed by atoms with van der Waals surface area (Å²) >= 11 is 0. The summed E-state index contributed by atoms with van der Waals surface area (Å²) in [5.74, 6) is 1.53. The standard InChI is InChI=1S/C21H25N/c1-15-13-20-18-10-6-5-9-17(18)11-12-19(20)21(22-15)14-16-7-3-2-4-8-16/h2-10,15,19-22H,11-14H2,1H3/t15-,19?,20?,21+/m0/s1. The van der Waals surface area contributed by atoms with E-state index in [1.54, 1.807) is 11.1 Å². The van der Waals surface area contributed by atoms with E-state index >= 15 is 0 Å². The SMILES string of the molecule is C[C@H]1CC2c3ccccc3CCC2[C@@H](Cc2ccccc2)N1. The van der Waals surface area contributed by atoms with Crippen LogP contribution in [0.25, 0.3) is 0 Å². The Balaban J connectivity index is 1.62. The Morgan fingerprint density at radius 3 is 2.64 bits per heavy atom. The summed E-state index contributed by atoms with van der Waals surface area (Å²) in [5, 5.41) is 3.89. The molecule has 2 aromatic carbocycles.